The van der Waals surface area contributed by atoms with E-state index in [9.17, 15) is 4.79 Å². The first-order valence-electron chi connectivity index (χ1n) is 7.89. The molecule has 114 valence electrons. The first-order valence-corrected chi connectivity index (χ1v) is 7.89. The maximum Gasteiger partial charge on any atom is 0.305 e. The third kappa shape index (κ3) is 2.78. The molecule has 0 amide bonds. The van der Waals surface area contributed by atoms with Crippen molar-refractivity contribution in [3.05, 3.63) is 12.2 Å². The van der Waals surface area contributed by atoms with Gasteiger partial charge in [0.05, 0.1) is 7.11 Å². The van der Waals surface area contributed by atoms with Gasteiger partial charge in [-0.15, -0.1) is 0 Å². The molecule has 20 heavy (non-hydrogen) atoms. The SMILES string of the molecule is COC(=O)CCCC=CC[C@@]12C[C@@H](N)C[C@@H](C1)C2(C)C. The van der Waals surface area contributed by atoms with Gasteiger partial charge in [0.2, 0.25) is 0 Å². The van der Waals surface area contributed by atoms with Crippen LogP contribution in [0.1, 0.15) is 58.8 Å². The molecule has 3 nitrogen and oxygen atoms in total. The van der Waals surface area contributed by atoms with Gasteiger partial charge in [-0.05, 0) is 55.3 Å². The molecule has 0 saturated heterocycles. The number of hydrogen-bond acceptors (Lipinski definition) is 3. The van der Waals surface area contributed by atoms with Crippen molar-refractivity contribution in [3.63, 3.8) is 0 Å². The van der Waals surface area contributed by atoms with E-state index in [1.54, 1.807) is 0 Å². The summed E-state index contributed by atoms with van der Waals surface area (Å²) in [6.45, 7) is 4.83. The third-order valence-corrected chi connectivity index (χ3v) is 5.92. The molecule has 3 heteroatoms. The summed E-state index contributed by atoms with van der Waals surface area (Å²) in [7, 11) is 1.44. The molecular formula is C17H29NO2. The molecule has 0 spiro atoms. The first-order chi connectivity index (χ1) is 9.41. The topological polar surface area (TPSA) is 52.3 Å². The summed E-state index contributed by atoms with van der Waals surface area (Å²) in [6.07, 6.45) is 11.8. The lowest BCUT2D eigenvalue weighted by Gasteiger charge is -2.67. The van der Waals surface area contributed by atoms with Crippen molar-refractivity contribution in [1.29, 1.82) is 0 Å². The smallest absolute Gasteiger partial charge is 0.305 e. The Hall–Kier alpha value is -0.830. The second-order valence-corrected chi connectivity index (χ2v) is 7.25. The number of esters is 1. The lowest BCUT2D eigenvalue weighted by molar-refractivity contribution is -0.164. The van der Waals surface area contributed by atoms with Crippen LogP contribution in [0.3, 0.4) is 0 Å². The van der Waals surface area contributed by atoms with Crippen LogP contribution in [0.2, 0.25) is 0 Å². The summed E-state index contributed by atoms with van der Waals surface area (Å²) in [4.78, 5) is 11.0. The summed E-state index contributed by atoms with van der Waals surface area (Å²) in [5.41, 5.74) is 7.06. The van der Waals surface area contributed by atoms with E-state index in [0.717, 1.165) is 25.2 Å². The fourth-order valence-electron chi connectivity index (χ4n) is 4.29. The predicted molar refractivity (Wildman–Crippen MR) is 81.2 cm³/mol. The molecule has 0 aromatic carbocycles. The van der Waals surface area contributed by atoms with Crippen LogP contribution in [0.4, 0.5) is 0 Å². The zero-order valence-corrected chi connectivity index (χ0v) is 13.2. The number of unbranched alkanes of at least 4 members (excludes halogenated alkanes) is 1. The summed E-state index contributed by atoms with van der Waals surface area (Å²) in [6, 6.07) is 0.398. The molecule has 0 aromatic heterocycles. The molecule has 3 atom stereocenters. The Balaban J connectivity index is 1.77. The zero-order chi connectivity index (χ0) is 14.8. The van der Waals surface area contributed by atoms with Gasteiger partial charge in [0, 0.05) is 12.5 Å². The van der Waals surface area contributed by atoms with Crippen LogP contribution >= 0.6 is 0 Å². The zero-order valence-electron chi connectivity index (χ0n) is 13.2. The maximum absolute atomic E-state index is 11.0. The number of ether oxygens (including phenoxy) is 1. The van der Waals surface area contributed by atoms with Crippen LogP contribution < -0.4 is 5.73 Å². The van der Waals surface area contributed by atoms with Crippen LogP contribution in [0.15, 0.2) is 12.2 Å². The summed E-state index contributed by atoms with van der Waals surface area (Å²) in [5, 5.41) is 0. The van der Waals surface area contributed by atoms with E-state index < -0.39 is 0 Å². The molecule has 3 aliphatic rings. The number of fused-ring (bicyclic) bond motifs is 2. The minimum Gasteiger partial charge on any atom is -0.469 e. The van der Waals surface area contributed by atoms with Crippen molar-refractivity contribution in [1.82, 2.24) is 0 Å². The number of rotatable bonds is 6. The maximum atomic E-state index is 11.0. The Bertz CT molecular complexity index is 388. The molecule has 2 N–H and O–H groups in total. The number of carbonyl (C=O) groups is 1. The van der Waals surface area contributed by atoms with E-state index >= 15 is 0 Å². The molecule has 3 rings (SSSR count). The normalized spacial score (nSPS) is 34.8. The van der Waals surface area contributed by atoms with Crippen molar-refractivity contribution >= 4 is 5.97 Å². The molecule has 3 saturated carbocycles. The largest absolute Gasteiger partial charge is 0.469 e. The van der Waals surface area contributed by atoms with Gasteiger partial charge in [0.25, 0.3) is 0 Å². The van der Waals surface area contributed by atoms with Gasteiger partial charge in [-0.1, -0.05) is 26.0 Å². The highest BCUT2D eigenvalue weighted by atomic mass is 16.5. The summed E-state index contributed by atoms with van der Waals surface area (Å²) < 4.78 is 4.64. The molecule has 0 radical (unpaired) electrons. The van der Waals surface area contributed by atoms with Crippen LogP contribution in [0.25, 0.3) is 0 Å². The molecule has 2 bridgehead atoms. The fourth-order valence-corrected chi connectivity index (χ4v) is 4.29. The van der Waals surface area contributed by atoms with Crippen LogP contribution in [-0.2, 0) is 9.53 Å². The number of allylic oxidation sites excluding steroid dienone is 2. The second-order valence-electron chi connectivity index (χ2n) is 7.25. The fraction of sp³-hybridized carbons (Fsp3) is 0.824. The van der Waals surface area contributed by atoms with Gasteiger partial charge in [0.1, 0.15) is 0 Å². The Morgan fingerprint density at radius 1 is 1.35 bits per heavy atom. The minimum absolute atomic E-state index is 0.113. The number of hydrogen-bond donors (Lipinski definition) is 1. The molecule has 0 heterocycles. The Morgan fingerprint density at radius 3 is 2.75 bits per heavy atom. The third-order valence-electron chi connectivity index (χ3n) is 5.92. The van der Waals surface area contributed by atoms with E-state index in [0.29, 0.717) is 23.3 Å². The van der Waals surface area contributed by atoms with Gasteiger partial charge in [-0.3, -0.25) is 4.79 Å². The van der Waals surface area contributed by atoms with Crippen molar-refractivity contribution < 1.29 is 9.53 Å². The van der Waals surface area contributed by atoms with Crippen molar-refractivity contribution in [2.45, 2.75) is 64.8 Å². The van der Waals surface area contributed by atoms with Crippen molar-refractivity contribution in [2.24, 2.45) is 22.5 Å². The molecular weight excluding hydrogens is 250 g/mol. The van der Waals surface area contributed by atoms with Gasteiger partial charge in [-0.25, -0.2) is 0 Å². The minimum atomic E-state index is -0.113. The number of methoxy groups -OCH3 is 1. The van der Waals surface area contributed by atoms with E-state index in [2.05, 4.69) is 30.7 Å². The monoisotopic (exact) mass is 279 g/mol. The Morgan fingerprint density at radius 2 is 2.10 bits per heavy atom. The first kappa shape index (κ1) is 15.6. The van der Waals surface area contributed by atoms with Crippen LogP contribution in [0.5, 0.6) is 0 Å². The van der Waals surface area contributed by atoms with Crippen LogP contribution in [0, 0.1) is 16.7 Å². The van der Waals surface area contributed by atoms with E-state index in [4.69, 9.17) is 5.73 Å². The molecule has 0 aromatic rings. The molecule has 3 aliphatic carbocycles. The second kappa shape index (κ2) is 5.88. The van der Waals surface area contributed by atoms with Gasteiger partial charge >= 0.3 is 5.97 Å². The van der Waals surface area contributed by atoms with Gasteiger partial charge < -0.3 is 10.5 Å². The summed E-state index contributed by atoms with van der Waals surface area (Å²) >= 11 is 0. The van der Waals surface area contributed by atoms with Gasteiger partial charge in [-0.2, -0.15) is 0 Å². The standard InChI is InChI=1S/C17H29NO2/c1-16(2)13-10-14(18)12-17(16,11-13)9-7-5-4-6-8-15(19)20-3/h5,7,13-14H,4,6,8-12,18H2,1-3H3/t13-,14-,17-/m0/s1. The highest BCUT2D eigenvalue weighted by Gasteiger charge is 2.61. The lowest BCUT2D eigenvalue weighted by Crippen LogP contribution is -2.62. The summed E-state index contributed by atoms with van der Waals surface area (Å²) in [5.74, 6) is 0.706. The van der Waals surface area contributed by atoms with E-state index in [1.165, 1.54) is 26.4 Å². The number of nitrogens with two attached hydrogens (primary N) is 1. The highest BCUT2D eigenvalue weighted by molar-refractivity contribution is 5.69. The quantitative estimate of drug-likeness (QED) is 0.460. The van der Waals surface area contributed by atoms with Crippen LogP contribution in [-0.4, -0.2) is 19.1 Å². The van der Waals surface area contributed by atoms with Gasteiger partial charge in [0.15, 0.2) is 0 Å². The molecule has 0 aliphatic heterocycles. The predicted octanol–water partition coefficient (Wildman–Crippen LogP) is 3.43. The lowest BCUT2D eigenvalue weighted by atomic mass is 9.38. The van der Waals surface area contributed by atoms with Crippen molar-refractivity contribution in [3.8, 4) is 0 Å². The average molecular weight is 279 g/mol. The Labute approximate surface area is 122 Å². The van der Waals surface area contributed by atoms with E-state index in [1.807, 2.05) is 0 Å². The molecule has 3 fully saturated rings. The molecule has 0 unspecified atom stereocenters. The number of carbonyl (C=O) groups excluding carboxylic acids is 1. The van der Waals surface area contributed by atoms with E-state index in [-0.39, 0.29) is 5.97 Å². The Kier molecular flexibility index (Phi) is 4.58. The average Bonchev–Trinajstić information content (AvgIpc) is 2.41. The van der Waals surface area contributed by atoms with Crippen molar-refractivity contribution in [2.75, 3.05) is 7.11 Å². The highest BCUT2D eigenvalue weighted by Crippen LogP contribution is 2.69.